The number of carbonyl (C=O) groups excluding carboxylic acids is 2. The first-order chi connectivity index (χ1) is 17.3. The van der Waals surface area contributed by atoms with Crippen molar-refractivity contribution in [1.82, 2.24) is 0 Å². The van der Waals surface area contributed by atoms with Gasteiger partial charge in [0, 0.05) is 16.4 Å². The predicted octanol–water partition coefficient (Wildman–Crippen LogP) is 6.84. The average Bonchev–Trinajstić information content (AvgIpc) is 3.17. The van der Waals surface area contributed by atoms with E-state index >= 15 is 0 Å². The zero-order chi connectivity index (χ0) is 25.8. The fourth-order valence-corrected chi connectivity index (χ4v) is 5.50. The summed E-state index contributed by atoms with van der Waals surface area (Å²) in [4.78, 5) is 28.5. The number of aryl methyl sites for hydroxylation is 1. The minimum atomic E-state index is -0.552. The lowest BCUT2D eigenvalue weighted by Gasteiger charge is -2.20. The first-order valence-corrected chi connectivity index (χ1v) is 12.9. The van der Waals surface area contributed by atoms with Gasteiger partial charge in [-0.3, -0.25) is 14.5 Å². The molecule has 0 aliphatic carbocycles. The minimum Gasteiger partial charge on any atom is -0.321 e. The number of anilines is 2. The zero-order valence-corrected chi connectivity index (χ0v) is 21.9. The van der Waals surface area contributed by atoms with E-state index in [4.69, 9.17) is 11.6 Å². The van der Waals surface area contributed by atoms with Crippen LogP contribution in [-0.2, 0) is 16.0 Å². The predicted molar refractivity (Wildman–Crippen MR) is 147 cm³/mol. The Kier molecular flexibility index (Phi) is 7.83. The molecule has 0 spiro atoms. The number of hydrogen-bond acceptors (Lipinski definition) is 4. The van der Waals surface area contributed by atoms with Crippen molar-refractivity contribution < 1.29 is 9.59 Å². The molecule has 1 saturated heterocycles. The van der Waals surface area contributed by atoms with E-state index in [-0.39, 0.29) is 11.5 Å². The highest BCUT2D eigenvalue weighted by Gasteiger charge is 2.41. The number of amides is 2. The molecule has 3 aromatic carbocycles. The number of rotatable bonds is 6. The van der Waals surface area contributed by atoms with Crippen molar-refractivity contribution in [2.75, 3.05) is 10.2 Å². The van der Waals surface area contributed by atoms with E-state index < -0.39 is 11.2 Å². The lowest BCUT2D eigenvalue weighted by molar-refractivity contribution is -0.117. The summed E-state index contributed by atoms with van der Waals surface area (Å²) in [6.07, 6.45) is 0.380. The number of benzene rings is 3. The molecule has 0 radical (unpaired) electrons. The first-order valence-electron chi connectivity index (χ1n) is 11.7. The highest BCUT2D eigenvalue weighted by molar-refractivity contribution is 8.05. The zero-order valence-electron chi connectivity index (χ0n) is 20.3. The Labute approximate surface area is 220 Å². The topological polar surface area (TPSA) is 73.2 Å². The number of carbonyl (C=O) groups is 2. The summed E-state index contributed by atoms with van der Waals surface area (Å²) in [5.41, 5.74) is 3.97. The van der Waals surface area contributed by atoms with Gasteiger partial charge in [0.15, 0.2) is 0 Å². The van der Waals surface area contributed by atoms with Crippen molar-refractivity contribution in [2.45, 2.75) is 38.4 Å². The van der Waals surface area contributed by atoms with Crippen LogP contribution in [0.3, 0.4) is 0 Å². The molecule has 1 heterocycles. The molecule has 1 N–H and O–H groups in total. The molecular formula is C29H26ClN3O2S. The van der Waals surface area contributed by atoms with Crippen molar-refractivity contribution >= 4 is 46.6 Å². The summed E-state index contributed by atoms with van der Waals surface area (Å²) in [7, 11) is 0. The van der Waals surface area contributed by atoms with Crippen LogP contribution in [0.25, 0.3) is 0 Å². The van der Waals surface area contributed by atoms with Crippen LogP contribution in [0.1, 0.15) is 36.5 Å². The molecule has 3 aromatic rings. The molecule has 0 aromatic heterocycles. The fourth-order valence-electron chi connectivity index (χ4n) is 3.99. The molecule has 7 heteroatoms. The number of nitrogens with zero attached hydrogens (tertiary/aromatic N) is 2. The number of nitrogens with one attached hydrogen (secondary N) is 1. The van der Waals surface area contributed by atoms with E-state index in [0.29, 0.717) is 33.8 Å². The van der Waals surface area contributed by atoms with Gasteiger partial charge in [0.1, 0.15) is 16.7 Å². The molecule has 36 heavy (non-hydrogen) atoms. The molecule has 1 fully saturated rings. The maximum Gasteiger partial charge on any atom is 0.269 e. The van der Waals surface area contributed by atoms with Crippen LogP contribution in [0.5, 0.6) is 0 Å². The largest absolute Gasteiger partial charge is 0.321 e. The third kappa shape index (κ3) is 5.33. The molecule has 5 nitrogen and oxygen atoms in total. The Bertz CT molecular complexity index is 1380. The van der Waals surface area contributed by atoms with Crippen molar-refractivity contribution in [3.63, 3.8) is 0 Å². The maximum absolute atomic E-state index is 13.7. The van der Waals surface area contributed by atoms with E-state index in [0.717, 1.165) is 16.7 Å². The van der Waals surface area contributed by atoms with Gasteiger partial charge < -0.3 is 5.32 Å². The Hall–Kier alpha value is -3.53. The van der Waals surface area contributed by atoms with Gasteiger partial charge >= 0.3 is 0 Å². The second-order valence-electron chi connectivity index (χ2n) is 8.88. The number of nitriles is 1. The van der Waals surface area contributed by atoms with Gasteiger partial charge in [-0.25, -0.2) is 0 Å². The number of halogens is 1. The van der Waals surface area contributed by atoms with Crippen LogP contribution >= 0.6 is 23.4 Å². The van der Waals surface area contributed by atoms with Gasteiger partial charge in [-0.1, -0.05) is 85.7 Å². The normalized spacial score (nSPS) is 16.7. The van der Waals surface area contributed by atoms with E-state index in [2.05, 4.69) is 25.2 Å². The van der Waals surface area contributed by atoms with Gasteiger partial charge in [-0.2, -0.15) is 5.26 Å². The van der Waals surface area contributed by atoms with Crippen LogP contribution in [0, 0.1) is 18.3 Å². The molecule has 182 valence electrons. The Morgan fingerprint density at radius 1 is 1.08 bits per heavy atom. The lowest BCUT2D eigenvalue weighted by Crippen LogP contribution is -2.31. The van der Waals surface area contributed by atoms with Gasteiger partial charge in [0.05, 0.1) is 5.25 Å². The SMILES string of the molecule is Cc1ccccc1NC(=O)/C(C#N)=C1\SC(Cc2ccccc2Cl)C(=O)N1c1ccc(C(C)C)cc1. The van der Waals surface area contributed by atoms with Crippen molar-refractivity contribution in [1.29, 1.82) is 5.26 Å². The highest BCUT2D eigenvalue weighted by atomic mass is 35.5. The van der Waals surface area contributed by atoms with Crippen LogP contribution in [-0.4, -0.2) is 17.1 Å². The molecule has 1 aliphatic heterocycles. The fraction of sp³-hybridized carbons (Fsp3) is 0.207. The van der Waals surface area contributed by atoms with Crippen LogP contribution in [0.2, 0.25) is 5.02 Å². The summed E-state index contributed by atoms with van der Waals surface area (Å²) in [6.45, 7) is 6.08. The maximum atomic E-state index is 13.7. The van der Waals surface area contributed by atoms with E-state index in [1.165, 1.54) is 16.7 Å². The molecule has 2 amide bonds. The molecule has 0 bridgehead atoms. The molecule has 1 unspecified atom stereocenters. The Morgan fingerprint density at radius 2 is 1.75 bits per heavy atom. The smallest absolute Gasteiger partial charge is 0.269 e. The first kappa shape index (κ1) is 25.6. The molecule has 1 atom stereocenters. The molecular weight excluding hydrogens is 490 g/mol. The average molecular weight is 516 g/mol. The number of thioether (sulfide) groups is 1. The second-order valence-corrected chi connectivity index (χ2v) is 10.5. The monoisotopic (exact) mass is 515 g/mol. The third-order valence-corrected chi connectivity index (χ3v) is 7.71. The number of hydrogen-bond donors (Lipinski definition) is 1. The highest BCUT2D eigenvalue weighted by Crippen LogP contribution is 2.42. The minimum absolute atomic E-state index is 0.105. The number of para-hydroxylation sites is 1. The second kappa shape index (κ2) is 11.0. The molecule has 4 rings (SSSR count). The summed E-state index contributed by atoms with van der Waals surface area (Å²) < 4.78 is 0. The molecule has 1 aliphatic rings. The summed E-state index contributed by atoms with van der Waals surface area (Å²) >= 11 is 7.60. The van der Waals surface area contributed by atoms with Gasteiger partial charge in [0.2, 0.25) is 5.91 Å². The summed E-state index contributed by atoms with van der Waals surface area (Å²) in [5, 5.41) is 13.3. The van der Waals surface area contributed by atoms with Crippen molar-refractivity contribution in [3.05, 3.63) is 105 Å². The third-order valence-electron chi connectivity index (χ3n) is 6.08. The van der Waals surface area contributed by atoms with Crippen LogP contribution < -0.4 is 10.2 Å². The van der Waals surface area contributed by atoms with Crippen molar-refractivity contribution in [3.8, 4) is 6.07 Å². The van der Waals surface area contributed by atoms with Crippen LogP contribution in [0.15, 0.2) is 83.4 Å². The Morgan fingerprint density at radius 3 is 2.39 bits per heavy atom. The van der Waals surface area contributed by atoms with Gasteiger partial charge in [-0.15, -0.1) is 0 Å². The van der Waals surface area contributed by atoms with Gasteiger partial charge in [-0.05, 0) is 60.2 Å². The van der Waals surface area contributed by atoms with Crippen molar-refractivity contribution in [2.24, 2.45) is 0 Å². The molecule has 0 saturated carbocycles. The van der Waals surface area contributed by atoms with Gasteiger partial charge in [0.25, 0.3) is 5.91 Å². The quantitative estimate of drug-likeness (QED) is 0.288. The van der Waals surface area contributed by atoms with E-state index in [1.54, 1.807) is 12.1 Å². The Balaban J connectivity index is 1.75. The van der Waals surface area contributed by atoms with E-state index in [1.807, 2.05) is 67.6 Å². The standard InChI is InChI=1S/C29H26ClN3O2S/c1-18(2)20-12-14-22(15-13-20)33-28(35)26(16-21-9-5-6-10-24(21)30)36-29(33)23(17-31)27(34)32-25-11-7-4-8-19(25)3/h4-15,18,26H,16H2,1-3H3,(H,32,34)/b29-23-. The summed E-state index contributed by atoms with van der Waals surface area (Å²) in [5.74, 6) is -0.409. The summed E-state index contributed by atoms with van der Waals surface area (Å²) in [6, 6.07) is 24.5. The lowest BCUT2D eigenvalue weighted by atomic mass is 10.0. The van der Waals surface area contributed by atoms with E-state index in [9.17, 15) is 14.9 Å². The van der Waals surface area contributed by atoms with Crippen LogP contribution in [0.4, 0.5) is 11.4 Å².